The number of hydrogen-bond acceptors (Lipinski definition) is 2. The van der Waals surface area contributed by atoms with Crippen molar-refractivity contribution in [1.29, 1.82) is 0 Å². The third-order valence-electron chi connectivity index (χ3n) is 2.69. The first-order valence-electron chi connectivity index (χ1n) is 6.08. The summed E-state index contributed by atoms with van der Waals surface area (Å²) in [6.07, 6.45) is 0. The zero-order chi connectivity index (χ0) is 14.4. The predicted molar refractivity (Wildman–Crippen MR) is 86.9 cm³/mol. The second-order valence-corrected chi connectivity index (χ2v) is 4.97. The summed E-state index contributed by atoms with van der Waals surface area (Å²) in [5.41, 5.74) is 11.2. The molecule has 0 bridgehead atoms. The number of hydrogen-bond donors (Lipinski definition) is 2. The molecule has 2 aromatic rings. The average Bonchev–Trinajstić information content (AvgIpc) is 2.50. The van der Waals surface area contributed by atoms with Gasteiger partial charge in [0.1, 0.15) is 0 Å². The molecule has 0 spiro atoms. The van der Waals surface area contributed by atoms with Gasteiger partial charge in [-0.3, -0.25) is 4.99 Å². The van der Waals surface area contributed by atoms with Crippen LogP contribution in [0, 0.1) is 0 Å². The minimum absolute atomic E-state index is 0.274. The third-order valence-corrected chi connectivity index (χ3v) is 3.22. The van der Waals surface area contributed by atoms with Crippen LogP contribution in [0.4, 0.5) is 0 Å². The Labute approximate surface area is 126 Å². The molecule has 2 rings (SSSR count). The molecule has 0 aliphatic rings. The first-order valence-corrected chi connectivity index (χ1v) is 6.87. The maximum absolute atomic E-state index is 5.63. The van der Waals surface area contributed by atoms with Gasteiger partial charge >= 0.3 is 0 Å². The Kier molecular flexibility index (Phi) is 4.90. The molecule has 0 aromatic heterocycles. The molecule has 0 unspecified atom stereocenters. The van der Waals surface area contributed by atoms with E-state index >= 15 is 0 Å². The SMILES string of the molecule is CN=C(N)NN=C(c1ccccc1)c1ccc(Br)cc1. The Bertz CT molecular complexity index is 618. The van der Waals surface area contributed by atoms with E-state index in [-0.39, 0.29) is 5.96 Å². The standard InChI is InChI=1S/C15H15BrN4/c1-18-15(17)20-19-14(11-5-3-2-4-6-11)12-7-9-13(16)10-8-12/h2-10H,1H3,(H3,17,18,20). The Morgan fingerprint density at radius 2 is 1.60 bits per heavy atom. The van der Waals surface area contributed by atoms with E-state index in [1.165, 1.54) is 0 Å². The number of benzene rings is 2. The Morgan fingerprint density at radius 1 is 1.00 bits per heavy atom. The Morgan fingerprint density at radius 3 is 2.20 bits per heavy atom. The van der Waals surface area contributed by atoms with Gasteiger partial charge in [0.05, 0.1) is 5.71 Å². The first-order chi connectivity index (χ1) is 9.70. The molecule has 102 valence electrons. The molecule has 5 heteroatoms. The number of nitrogens with zero attached hydrogens (tertiary/aromatic N) is 2. The lowest BCUT2D eigenvalue weighted by atomic mass is 10.0. The molecular formula is C15H15BrN4. The van der Waals surface area contributed by atoms with Gasteiger partial charge < -0.3 is 5.73 Å². The molecule has 0 aliphatic carbocycles. The zero-order valence-electron chi connectivity index (χ0n) is 11.0. The van der Waals surface area contributed by atoms with Crippen LogP contribution in [-0.2, 0) is 0 Å². The molecule has 0 radical (unpaired) electrons. The zero-order valence-corrected chi connectivity index (χ0v) is 12.6. The third kappa shape index (κ3) is 3.68. The molecule has 4 nitrogen and oxygen atoms in total. The topological polar surface area (TPSA) is 62.8 Å². The van der Waals surface area contributed by atoms with E-state index in [9.17, 15) is 0 Å². The highest BCUT2D eigenvalue weighted by molar-refractivity contribution is 9.10. The van der Waals surface area contributed by atoms with Gasteiger partial charge in [0, 0.05) is 22.6 Å². The number of aliphatic imine (C=N–C) groups is 1. The molecular weight excluding hydrogens is 316 g/mol. The summed E-state index contributed by atoms with van der Waals surface area (Å²) in [4.78, 5) is 3.83. The van der Waals surface area contributed by atoms with Gasteiger partial charge in [-0.1, -0.05) is 58.4 Å². The van der Waals surface area contributed by atoms with E-state index in [0.717, 1.165) is 21.3 Å². The molecule has 3 N–H and O–H groups in total. The second kappa shape index (κ2) is 6.86. The second-order valence-electron chi connectivity index (χ2n) is 4.05. The smallest absolute Gasteiger partial charge is 0.209 e. The summed E-state index contributed by atoms with van der Waals surface area (Å²) in [6, 6.07) is 17.9. The van der Waals surface area contributed by atoms with Crippen LogP contribution in [0.5, 0.6) is 0 Å². The highest BCUT2D eigenvalue weighted by Gasteiger charge is 2.07. The lowest BCUT2D eigenvalue weighted by Gasteiger charge is -2.08. The summed E-state index contributed by atoms with van der Waals surface area (Å²) >= 11 is 3.43. The lowest BCUT2D eigenvalue weighted by Crippen LogP contribution is -2.28. The van der Waals surface area contributed by atoms with Crippen molar-refractivity contribution < 1.29 is 0 Å². The van der Waals surface area contributed by atoms with E-state index in [1.54, 1.807) is 7.05 Å². The van der Waals surface area contributed by atoms with Crippen molar-refractivity contribution in [2.24, 2.45) is 15.8 Å². The fourth-order valence-electron chi connectivity index (χ4n) is 1.66. The van der Waals surface area contributed by atoms with E-state index in [1.807, 2.05) is 54.6 Å². The first kappa shape index (κ1) is 14.3. The molecule has 0 heterocycles. The van der Waals surface area contributed by atoms with Crippen molar-refractivity contribution in [3.05, 3.63) is 70.2 Å². The van der Waals surface area contributed by atoms with Crippen LogP contribution < -0.4 is 11.2 Å². The monoisotopic (exact) mass is 330 g/mol. The van der Waals surface area contributed by atoms with Crippen molar-refractivity contribution in [2.75, 3.05) is 7.05 Å². The van der Waals surface area contributed by atoms with E-state index < -0.39 is 0 Å². The summed E-state index contributed by atoms with van der Waals surface area (Å²) in [5.74, 6) is 0.274. The van der Waals surface area contributed by atoms with Crippen molar-refractivity contribution in [2.45, 2.75) is 0 Å². The number of hydrazone groups is 1. The number of rotatable bonds is 3. The highest BCUT2D eigenvalue weighted by Crippen LogP contribution is 2.15. The number of guanidine groups is 1. The Balaban J connectivity index is 2.41. The molecule has 20 heavy (non-hydrogen) atoms. The van der Waals surface area contributed by atoms with Crippen LogP contribution in [0.15, 0.2) is 69.2 Å². The molecule has 0 fully saturated rings. The number of halogens is 1. The van der Waals surface area contributed by atoms with Gasteiger partial charge in [-0.25, -0.2) is 5.43 Å². The summed E-state index contributed by atoms with van der Waals surface area (Å²) in [7, 11) is 1.61. The van der Waals surface area contributed by atoms with Gasteiger partial charge in [0.25, 0.3) is 0 Å². The Hall–Kier alpha value is -2.14. The van der Waals surface area contributed by atoms with Crippen LogP contribution in [0.25, 0.3) is 0 Å². The van der Waals surface area contributed by atoms with Crippen molar-refractivity contribution in [3.63, 3.8) is 0 Å². The largest absolute Gasteiger partial charge is 0.369 e. The molecule has 0 aliphatic heterocycles. The van der Waals surface area contributed by atoms with E-state index in [4.69, 9.17) is 5.73 Å². The van der Waals surface area contributed by atoms with Gasteiger partial charge in [-0.05, 0) is 12.1 Å². The van der Waals surface area contributed by atoms with Crippen LogP contribution in [0.3, 0.4) is 0 Å². The molecule has 2 aromatic carbocycles. The van der Waals surface area contributed by atoms with Crippen LogP contribution >= 0.6 is 15.9 Å². The highest BCUT2D eigenvalue weighted by atomic mass is 79.9. The van der Waals surface area contributed by atoms with Crippen molar-refractivity contribution in [3.8, 4) is 0 Å². The predicted octanol–water partition coefficient (Wildman–Crippen LogP) is 2.74. The van der Waals surface area contributed by atoms with Crippen LogP contribution in [0.2, 0.25) is 0 Å². The maximum atomic E-state index is 5.63. The summed E-state index contributed by atoms with van der Waals surface area (Å²) in [5, 5.41) is 4.36. The molecule has 0 saturated carbocycles. The van der Waals surface area contributed by atoms with Crippen molar-refractivity contribution in [1.82, 2.24) is 5.43 Å². The van der Waals surface area contributed by atoms with Crippen LogP contribution in [-0.4, -0.2) is 18.7 Å². The molecule has 0 amide bonds. The molecule has 0 saturated heterocycles. The minimum Gasteiger partial charge on any atom is -0.369 e. The van der Waals surface area contributed by atoms with Gasteiger partial charge in [0.2, 0.25) is 5.96 Å². The minimum atomic E-state index is 0.274. The average molecular weight is 331 g/mol. The number of nitrogens with one attached hydrogen (secondary N) is 1. The maximum Gasteiger partial charge on any atom is 0.209 e. The van der Waals surface area contributed by atoms with Gasteiger partial charge in [-0.2, -0.15) is 5.10 Å². The summed E-state index contributed by atoms with van der Waals surface area (Å²) < 4.78 is 1.02. The van der Waals surface area contributed by atoms with Gasteiger partial charge in [0.15, 0.2) is 0 Å². The fourth-order valence-corrected chi connectivity index (χ4v) is 1.93. The lowest BCUT2D eigenvalue weighted by molar-refractivity contribution is 0.999. The van der Waals surface area contributed by atoms with Gasteiger partial charge in [-0.15, -0.1) is 0 Å². The normalized spacial score (nSPS) is 12.3. The van der Waals surface area contributed by atoms with E-state index in [0.29, 0.717) is 0 Å². The van der Waals surface area contributed by atoms with E-state index in [2.05, 4.69) is 31.4 Å². The fraction of sp³-hybridized carbons (Fsp3) is 0.0667. The molecule has 0 atom stereocenters. The van der Waals surface area contributed by atoms with Crippen molar-refractivity contribution >= 4 is 27.6 Å². The van der Waals surface area contributed by atoms with Crippen LogP contribution in [0.1, 0.15) is 11.1 Å². The number of nitrogens with two attached hydrogens (primary N) is 1. The quantitative estimate of drug-likeness (QED) is 0.516. The summed E-state index contributed by atoms with van der Waals surface area (Å²) in [6.45, 7) is 0.